The van der Waals surface area contributed by atoms with Gasteiger partial charge in [-0.2, -0.15) is 0 Å². The highest BCUT2D eigenvalue weighted by atomic mass is 32.1. The average molecular weight is 294 g/mol. The normalized spacial score (nSPS) is 23.1. The molecule has 1 aromatic carbocycles. The molecule has 2 heterocycles. The molecule has 1 fully saturated rings. The number of hydrogen-bond acceptors (Lipinski definition) is 3. The van der Waals surface area contributed by atoms with Crippen molar-refractivity contribution in [2.75, 3.05) is 18.0 Å². The van der Waals surface area contributed by atoms with Crippen LogP contribution in [0, 0.1) is 11.6 Å². The lowest BCUT2D eigenvalue weighted by Crippen LogP contribution is -2.46. The highest BCUT2D eigenvalue weighted by Gasteiger charge is 2.28. The van der Waals surface area contributed by atoms with Gasteiger partial charge in [-0.15, -0.1) is 11.3 Å². The van der Waals surface area contributed by atoms with E-state index >= 15 is 0 Å². The van der Waals surface area contributed by atoms with Crippen molar-refractivity contribution in [3.63, 3.8) is 0 Å². The number of piperidine rings is 1. The fraction of sp³-hybridized carbons (Fsp3) is 0.333. The van der Waals surface area contributed by atoms with E-state index in [2.05, 4.69) is 6.07 Å². The summed E-state index contributed by atoms with van der Waals surface area (Å²) < 4.78 is 27.3. The van der Waals surface area contributed by atoms with Gasteiger partial charge in [0, 0.05) is 36.0 Å². The van der Waals surface area contributed by atoms with Gasteiger partial charge >= 0.3 is 0 Å². The molecule has 0 aliphatic carbocycles. The maximum absolute atomic E-state index is 13.9. The molecule has 2 nitrogen and oxygen atoms in total. The standard InChI is InChI=1S/C15H16F2N2S/c16-11-3-4-13(17)14(7-11)19-8-10(6-12(18)9-19)15-2-1-5-20-15/h1-5,7,10,12H,6,8-9,18H2. The molecule has 5 heteroatoms. The molecule has 2 atom stereocenters. The van der Waals surface area contributed by atoms with Crippen molar-refractivity contribution in [2.24, 2.45) is 5.73 Å². The molecule has 0 saturated carbocycles. The average Bonchev–Trinajstić information content (AvgIpc) is 2.95. The molecular weight excluding hydrogens is 278 g/mol. The Balaban J connectivity index is 1.88. The summed E-state index contributed by atoms with van der Waals surface area (Å²) in [5.41, 5.74) is 6.40. The third kappa shape index (κ3) is 2.69. The monoisotopic (exact) mass is 294 g/mol. The second-order valence-corrected chi connectivity index (χ2v) is 6.19. The summed E-state index contributed by atoms with van der Waals surface area (Å²) in [6, 6.07) is 7.61. The van der Waals surface area contributed by atoms with E-state index in [1.165, 1.54) is 17.0 Å². The number of halogens is 2. The molecular formula is C15H16F2N2S. The molecule has 106 valence electrons. The first-order valence-electron chi connectivity index (χ1n) is 6.62. The highest BCUT2D eigenvalue weighted by molar-refractivity contribution is 7.10. The fourth-order valence-electron chi connectivity index (χ4n) is 2.79. The first-order chi connectivity index (χ1) is 9.63. The highest BCUT2D eigenvalue weighted by Crippen LogP contribution is 2.33. The zero-order chi connectivity index (χ0) is 14.1. The molecule has 1 aliphatic rings. The molecule has 2 N–H and O–H groups in total. The lowest BCUT2D eigenvalue weighted by atomic mass is 9.93. The van der Waals surface area contributed by atoms with Crippen LogP contribution in [0.15, 0.2) is 35.7 Å². The summed E-state index contributed by atoms with van der Waals surface area (Å²) in [6.07, 6.45) is 0.883. The molecule has 2 aromatic rings. The number of anilines is 1. The van der Waals surface area contributed by atoms with Crippen molar-refractivity contribution < 1.29 is 8.78 Å². The van der Waals surface area contributed by atoms with E-state index < -0.39 is 11.6 Å². The van der Waals surface area contributed by atoms with E-state index in [-0.39, 0.29) is 12.0 Å². The van der Waals surface area contributed by atoms with Gasteiger partial charge in [0.2, 0.25) is 0 Å². The number of thiophene rings is 1. The van der Waals surface area contributed by atoms with Crippen LogP contribution in [0.1, 0.15) is 17.2 Å². The minimum atomic E-state index is -0.423. The van der Waals surface area contributed by atoms with Crippen LogP contribution in [0.25, 0.3) is 0 Å². The molecule has 0 bridgehead atoms. The second kappa shape index (κ2) is 5.50. The van der Waals surface area contributed by atoms with Gasteiger partial charge < -0.3 is 10.6 Å². The summed E-state index contributed by atoms with van der Waals surface area (Å²) >= 11 is 1.69. The van der Waals surface area contributed by atoms with Crippen LogP contribution in [-0.4, -0.2) is 19.1 Å². The van der Waals surface area contributed by atoms with Gasteiger partial charge in [0.1, 0.15) is 11.6 Å². The Hall–Kier alpha value is -1.46. The maximum atomic E-state index is 13.9. The topological polar surface area (TPSA) is 29.3 Å². The van der Waals surface area contributed by atoms with E-state index in [9.17, 15) is 8.78 Å². The van der Waals surface area contributed by atoms with Gasteiger partial charge in [0.25, 0.3) is 0 Å². The van der Waals surface area contributed by atoms with Crippen LogP contribution in [0.2, 0.25) is 0 Å². The van der Waals surface area contributed by atoms with Crippen molar-refractivity contribution in [3.05, 3.63) is 52.2 Å². The predicted octanol–water partition coefficient (Wildman–Crippen LogP) is 3.35. The van der Waals surface area contributed by atoms with Gasteiger partial charge in [-0.25, -0.2) is 8.78 Å². The van der Waals surface area contributed by atoms with E-state index in [0.717, 1.165) is 12.5 Å². The summed E-state index contributed by atoms with van der Waals surface area (Å²) in [6.45, 7) is 1.23. The fourth-order valence-corrected chi connectivity index (χ4v) is 3.63. The summed E-state index contributed by atoms with van der Waals surface area (Å²) in [4.78, 5) is 3.11. The summed E-state index contributed by atoms with van der Waals surface area (Å²) in [5, 5.41) is 2.03. The minimum absolute atomic E-state index is 0.0292. The third-order valence-corrected chi connectivity index (χ3v) is 4.71. The zero-order valence-electron chi connectivity index (χ0n) is 10.9. The molecule has 1 aromatic heterocycles. The number of hydrogen-bond donors (Lipinski definition) is 1. The first-order valence-corrected chi connectivity index (χ1v) is 7.50. The smallest absolute Gasteiger partial charge is 0.146 e. The van der Waals surface area contributed by atoms with Crippen molar-refractivity contribution in [1.29, 1.82) is 0 Å². The second-order valence-electron chi connectivity index (χ2n) is 5.21. The Kier molecular flexibility index (Phi) is 3.72. The van der Waals surface area contributed by atoms with Crippen LogP contribution in [0.3, 0.4) is 0 Å². The molecule has 1 aliphatic heterocycles. The SMILES string of the molecule is NC1CC(c2cccs2)CN(c2cc(F)ccc2F)C1. The lowest BCUT2D eigenvalue weighted by molar-refractivity contribution is 0.452. The maximum Gasteiger partial charge on any atom is 0.146 e. The molecule has 2 unspecified atom stereocenters. The van der Waals surface area contributed by atoms with E-state index in [1.54, 1.807) is 11.3 Å². The third-order valence-electron chi connectivity index (χ3n) is 3.68. The Bertz CT molecular complexity index is 586. The number of nitrogens with two attached hydrogens (primary N) is 1. The van der Waals surface area contributed by atoms with E-state index in [1.807, 2.05) is 16.3 Å². The molecule has 3 rings (SSSR count). The largest absolute Gasteiger partial charge is 0.367 e. The van der Waals surface area contributed by atoms with Crippen molar-refractivity contribution in [2.45, 2.75) is 18.4 Å². The van der Waals surface area contributed by atoms with Crippen molar-refractivity contribution in [3.8, 4) is 0 Å². The molecule has 20 heavy (non-hydrogen) atoms. The predicted molar refractivity (Wildman–Crippen MR) is 78.2 cm³/mol. The summed E-state index contributed by atoms with van der Waals surface area (Å²) in [5.74, 6) is -0.542. The van der Waals surface area contributed by atoms with Crippen LogP contribution >= 0.6 is 11.3 Å². The number of benzene rings is 1. The van der Waals surface area contributed by atoms with Crippen LogP contribution < -0.4 is 10.6 Å². The minimum Gasteiger partial charge on any atom is -0.367 e. The van der Waals surface area contributed by atoms with E-state index in [4.69, 9.17) is 5.73 Å². The van der Waals surface area contributed by atoms with Gasteiger partial charge in [-0.3, -0.25) is 0 Å². The van der Waals surface area contributed by atoms with Gasteiger partial charge in [0.05, 0.1) is 5.69 Å². The van der Waals surface area contributed by atoms with Gasteiger partial charge in [0.15, 0.2) is 0 Å². The van der Waals surface area contributed by atoms with Crippen molar-refractivity contribution >= 4 is 17.0 Å². The van der Waals surface area contributed by atoms with Crippen LogP contribution in [0.4, 0.5) is 14.5 Å². The number of rotatable bonds is 2. The van der Waals surface area contributed by atoms with Crippen LogP contribution in [0.5, 0.6) is 0 Å². The molecule has 1 saturated heterocycles. The van der Waals surface area contributed by atoms with Gasteiger partial charge in [-0.05, 0) is 30.0 Å². The molecule has 0 radical (unpaired) electrons. The Morgan fingerprint density at radius 1 is 1.20 bits per heavy atom. The molecule has 0 amide bonds. The Morgan fingerprint density at radius 3 is 2.80 bits per heavy atom. The quantitative estimate of drug-likeness (QED) is 0.920. The Morgan fingerprint density at radius 2 is 2.05 bits per heavy atom. The molecule has 0 spiro atoms. The summed E-state index contributed by atoms with van der Waals surface area (Å²) in [7, 11) is 0. The van der Waals surface area contributed by atoms with E-state index in [0.29, 0.717) is 18.8 Å². The number of nitrogens with zero attached hydrogens (tertiary/aromatic N) is 1. The van der Waals surface area contributed by atoms with Crippen LogP contribution in [-0.2, 0) is 0 Å². The first kappa shape index (κ1) is 13.5. The van der Waals surface area contributed by atoms with Crippen molar-refractivity contribution in [1.82, 2.24) is 0 Å². The van der Waals surface area contributed by atoms with Gasteiger partial charge in [-0.1, -0.05) is 6.07 Å². The Labute approximate surface area is 120 Å². The lowest BCUT2D eigenvalue weighted by Gasteiger charge is -2.37. The zero-order valence-corrected chi connectivity index (χ0v) is 11.7.